The molecule has 2 fully saturated rings. The Bertz CT molecular complexity index is 770. The van der Waals surface area contributed by atoms with Gasteiger partial charge in [-0.05, 0) is 80.3 Å². The minimum atomic E-state index is 0.188. The minimum Gasteiger partial charge on any atom is -0.491 e. The van der Waals surface area contributed by atoms with Gasteiger partial charge in [0.15, 0.2) is 0 Å². The first kappa shape index (κ1) is 19.8. The fourth-order valence-electron chi connectivity index (χ4n) is 3.72. The highest BCUT2D eigenvalue weighted by atomic mass is 35.5. The van der Waals surface area contributed by atoms with E-state index in [0.717, 1.165) is 35.6 Å². The lowest BCUT2D eigenvalue weighted by molar-refractivity contribution is -0.0414. The highest BCUT2D eigenvalue weighted by Gasteiger charge is 2.22. The number of hydrogen-bond donors (Lipinski definition) is 0. The third-order valence-electron chi connectivity index (χ3n) is 5.46. The molecule has 0 bridgehead atoms. The van der Waals surface area contributed by atoms with Gasteiger partial charge >= 0.3 is 0 Å². The standard InChI is InChI=1S/C24H29ClO3/c1-17-3-2-4-24(28-17)19-7-12-23(25)20(16-19)15-18-5-8-21(9-6-18)26-13-14-27-22-10-11-22/h5-9,12,16-17,22,24H,2-4,10-11,13-15H2,1H3. The fraction of sp³-hybridized carbons (Fsp3) is 0.500. The van der Waals surface area contributed by atoms with Gasteiger partial charge in [-0.15, -0.1) is 0 Å². The van der Waals surface area contributed by atoms with Gasteiger partial charge in [0, 0.05) is 5.02 Å². The third-order valence-corrected chi connectivity index (χ3v) is 5.83. The summed E-state index contributed by atoms with van der Waals surface area (Å²) in [6.07, 6.45) is 7.66. The predicted octanol–water partition coefficient (Wildman–Crippen LogP) is 6.12. The minimum absolute atomic E-state index is 0.188. The van der Waals surface area contributed by atoms with E-state index in [9.17, 15) is 0 Å². The van der Waals surface area contributed by atoms with Crippen LogP contribution in [0.3, 0.4) is 0 Å². The van der Waals surface area contributed by atoms with Crippen molar-refractivity contribution >= 4 is 11.6 Å². The van der Waals surface area contributed by atoms with Crippen molar-refractivity contribution in [3.05, 3.63) is 64.2 Å². The molecular formula is C24H29ClO3. The Morgan fingerprint density at radius 3 is 2.57 bits per heavy atom. The van der Waals surface area contributed by atoms with Crippen LogP contribution in [0.5, 0.6) is 5.75 Å². The van der Waals surface area contributed by atoms with Crippen LogP contribution in [0.1, 0.15) is 61.8 Å². The fourth-order valence-corrected chi connectivity index (χ4v) is 3.90. The van der Waals surface area contributed by atoms with Crippen LogP contribution in [0.2, 0.25) is 5.02 Å². The van der Waals surface area contributed by atoms with E-state index in [0.29, 0.717) is 25.4 Å². The van der Waals surface area contributed by atoms with Gasteiger partial charge in [0.1, 0.15) is 12.4 Å². The van der Waals surface area contributed by atoms with Crippen molar-refractivity contribution in [1.82, 2.24) is 0 Å². The summed E-state index contributed by atoms with van der Waals surface area (Å²) < 4.78 is 17.5. The van der Waals surface area contributed by atoms with Crippen molar-refractivity contribution < 1.29 is 14.2 Å². The highest BCUT2D eigenvalue weighted by Crippen LogP contribution is 2.33. The van der Waals surface area contributed by atoms with E-state index in [-0.39, 0.29) is 6.10 Å². The summed E-state index contributed by atoms with van der Waals surface area (Å²) in [5.41, 5.74) is 3.60. The molecule has 150 valence electrons. The topological polar surface area (TPSA) is 27.7 Å². The van der Waals surface area contributed by atoms with Gasteiger partial charge in [-0.25, -0.2) is 0 Å². The summed E-state index contributed by atoms with van der Waals surface area (Å²) in [6, 6.07) is 14.6. The van der Waals surface area contributed by atoms with Crippen LogP contribution in [0.4, 0.5) is 0 Å². The van der Waals surface area contributed by atoms with E-state index in [4.69, 9.17) is 25.8 Å². The number of benzene rings is 2. The Labute approximate surface area is 173 Å². The lowest BCUT2D eigenvalue weighted by Gasteiger charge is -2.28. The molecule has 28 heavy (non-hydrogen) atoms. The second kappa shape index (κ2) is 9.30. The van der Waals surface area contributed by atoms with E-state index in [2.05, 4.69) is 31.2 Å². The molecule has 1 saturated heterocycles. The van der Waals surface area contributed by atoms with Gasteiger partial charge in [0.2, 0.25) is 0 Å². The first-order chi connectivity index (χ1) is 13.7. The average Bonchev–Trinajstić information content (AvgIpc) is 3.53. The Kier molecular flexibility index (Phi) is 6.56. The van der Waals surface area contributed by atoms with Crippen LogP contribution in [-0.4, -0.2) is 25.4 Å². The Hall–Kier alpha value is -1.55. The Balaban J connectivity index is 1.35. The van der Waals surface area contributed by atoms with Crippen molar-refractivity contribution in [3.63, 3.8) is 0 Å². The van der Waals surface area contributed by atoms with Crippen LogP contribution >= 0.6 is 11.6 Å². The van der Waals surface area contributed by atoms with Crippen molar-refractivity contribution in [2.75, 3.05) is 13.2 Å². The van der Waals surface area contributed by atoms with Crippen LogP contribution in [0, 0.1) is 0 Å². The van der Waals surface area contributed by atoms with Crippen LogP contribution < -0.4 is 4.74 Å². The normalized spacial score (nSPS) is 22.2. The molecule has 2 aliphatic rings. The molecule has 1 aliphatic heterocycles. The van der Waals surface area contributed by atoms with E-state index < -0.39 is 0 Å². The largest absolute Gasteiger partial charge is 0.491 e. The summed E-state index contributed by atoms with van der Waals surface area (Å²) in [4.78, 5) is 0. The van der Waals surface area contributed by atoms with Gasteiger partial charge in [-0.1, -0.05) is 35.9 Å². The maximum absolute atomic E-state index is 6.48. The van der Waals surface area contributed by atoms with Gasteiger partial charge in [-0.2, -0.15) is 0 Å². The van der Waals surface area contributed by atoms with E-state index in [1.54, 1.807) is 0 Å². The molecule has 2 atom stereocenters. The summed E-state index contributed by atoms with van der Waals surface area (Å²) in [5.74, 6) is 0.882. The summed E-state index contributed by atoms with van der Waals surface area (Å²) in [6.45, 7) is 3.42. The second-order valence-corrected chi connectivity index (χ2v) is 8.36. The maximum atomic E-state index is 6.48. The maximum Gasteiger partial charge on any atom is 0.119 e. The lowest BCUT2D eigenvalue weighted by atomic mass is 9.95. The summed E-state index contributed by atoms with van der Waals surface area (Å²) >= 11 is 6.48. The monoisotopic (exact) mass is 400 g/mol. The van der Waals surface area contributed by atoms with Crippen molar-refractivity contribution in [3.8, 4) is 5.75 Å². The Morgan fingerprint density at radius 2 is 1.82 bits per heavy atom. The van der Waals surface area contributed by atoms with Crippen molar-refractivity contribution in [1.29, 1.82) is 0 Å². The molecule has 4 heteroatoms. The smallest absolute Gasteiger partial charge is 0.119 e. The average molecular weight is 401 g/mol. The Morgan fingerprint density at radius 1 is 1.00 bits per heavy atom. The zero-order chi connectivity index (χ0) is 19.3. The molecule has 0 spiro atoms. The van der Waals surface area contributed by atoms with Gasteiger partial charge in [-0.3, -0.25) is 0 Å². The van der Waals surface area contributed by atoms with Crippen LogP contribution in [-0.2, 0) is 15.9 Å². The number of halogens is 1. The number of rotatable bonds is 8. The molecule has 0 amide bonds. The first-order valence-electron chi connectivity index (χ1n) is 10.4. The van der Waals surface area contributed by atoms with Gasteiger partial charge in [0.25, 0.3) is 0 Å². The molecule has 1 saturated carbocycles. The molecule has 2 aromatic carbocycles. The van der Waals surface area contributed by atoms with Crippen LogP contribution in [0.15, 0.2) is 42.5 Å². The van der Waals surface area contributed by atoms with Crippen molar-refractivity contribution in [2.24, 2.45) is 0 Å². The van der Waals surface area contributed by atoms with E-state index in [1.807, 2.05) is 18.2 Å². The van der Waals surface area contributed by atoms with Gasteiger partial charge < -0.3 is 14.2 Å². The zero-order valence-corrected chi connectivity index (χ0v) is 17.3. The zero-order valence-electron chi connectivity index (χ0n) is 16.5. The van der Waals surface area contributed by atoms with E-state index >= 15 is 0 Å². The molecule has 2 aromatic rings. The molecule has 0 N–H and O–H groups in total. The number of ether oxygens (including phenoxy) is 3. The molecule has 2 unspecified atom stereocenters. The molecule has 1 aliphatic carbocycles. The van der Waals surface area contributed by atoms with Crippen molar-refractivity contribution in [2.45, 2.75) is 63.8 Å². The molecular weight excluding hydrogens is 372 g/mol. The van der Waals surface area contributed by atoms with Gasteiger partial charge in [0.05, 0.1) is 24.9 Å². The molecule has 4 rings (SSSR count). The molecule has 0 radical (unpaired) electrons. The molecule has 3 nitrogen and oxygen atoms in total. The van der Waals surface area contributed by atoms with Crippen LogP contribution in [0.25, 0.3) is 0 Å². The van der Waals surface area contributed by atoms with E-state index in [1.165, 1.54) is 30.4 Å². The molecule has 1 heterocycles. The highest BCUT2D eigenvalue weighted by molar-refractivity contribution is 6.31. The third kappa shape index (κ3) is 5.50. The summed E-state index contributed by atoms with van der Waals surface area (Å²) in [5, 5.41) is 0.810. The molecule has 0 aromatic heterocycles. The SMILES string of the molecule is CC1CCCC(c2ccc(Cl)c(Cc3ccc(OCCOC4CC4)cc3)c2)O1. The second-order valence-electron chi connectivity index (χ2n) is 7.96. The quantitative estimate of drug-likeness (QED) is 0.499. The predicted molar refractivity (Wildman–Crippen MR) is 112 cm³/mol. The number of hydrogen-bond acceptors (Lipinski definition) is 3. The first-order valence-corrected chi connectivity index (χ1v) is 10.8. The summed E-state index contributed by atoms with van der Waals surface area (Å²) in [7, 11) is 0. The lowest BCUT2D eigenvalue weighted by Crippen LogP contribution is -2.19.